The summed E-state index contributed by atoms with van der Waals surface area (Å²) in [5.41, 5.74) is 1.11. The van der Waals surface area contributed by atoms with Crippen LogP contribution in [0.5, 0.6) is 0 Å². The van der Waals surface area contributed by atoms with Gasteiger partial charge in [-0.25, -0.2) is 0 Å². The van der Waals surface area contributed by atoms with Gasteiger partial charge < -0.3 is 14.0 Å². The van der Waals surface area contributed by atoms with Gasteiger partial charge in [-0.15, -0.1) is 0 Å². The summed E-state index contributed by atoms with van der Waals surface area (Å²) in [5, 5.41) is 0. The topological polar surface area (TPSA) is 33.9 Å². The van der Waals surface area contributed by atoms with Crippen LogP contribution in [0.25, 0.3) is 0 Å². The van der Waals surface area contributed by atoms with Crippen molar-refractivity contribution in [2.45, 2.75) is 20.4 Å². The Labute approximate surface area is 87.4 Å². The number of aromatic nitrogens is 2. The van der Waals surface area contributed by atoms with Crippen molar-refractivity contribution >= 4 is 12.2 Å². The molecule has 0 aliphatic carbocycles. The molecule has 0 saturated heterocycles. The third-order valence-electron chi connectivity index (χ3n) is 2.19. The normalized spacial score (nSPS) is 10.7. The molecule has 0 atom stereocenters. The zero-order chi connectivity index (χ0) is 10.1. The number of aryl methyl sites for hydroxylation is 2. The lowest BCUT2D eigenvalue weighted by Crippen LogP contribution is -2.00. The van der Waals surface area contributed by atoms with Gasteiger partial charge in [0.05, 0.1) is 6.54 Å². The number of imidazole rings is 1. The zero-order valence-corrected chi connectivity index (χ0v) is 9.02. The van der Waals surface area contributed by atoms with Gasteiger partial charge in [0.1, 0.15) is 11.5 Å². The molecule has 2 rings (SSSR count). The minimum atomic E-state index is 0.696. The zero-order valence-electron chi connectivity index (χ0n) is 8.20. The summed E-state index contributed by atoms with van der Waals surface area (Å²) in [6, 6.07) is 3.93. The lowest BCUT2D eigenvalue weighted by atomic mass is 10.4. The van der Waals surface area contributed by atoms with Crippen LogP contribution in [0.15, 0.2) is 22.7 Å². The number of hydrogen-bond donors (Lipinski definition) is 1. The first kappa shape index (κ1) is 9.27. The van der Waals surface area contributed by atoms with Crippen LogP contribution in [0.2, 0.25) is 0 Å². The molecule has 0 unspecified atom stereocenters. The standard InChI is InChI=1S/C10H12N2OS/c1-7-5-11-10(14)12(7)6-9-4-3-8(2)13-9/h3-5H,6H2,1-2H3,(H,11,14). The quantitative estimate of drug-likeness (QED) is 0.770. The fourth-order valence-corrected chi connectivity index (χ4v) is 1.67. The maximum Gasteiger partial charge on any atom is 0.177 e. The van der Waals surface area contributed by atoms with Crippen molar-refractivity contribution in [3.63, 3.8) is 0 Å². The Balaban J connectivity index is 2.31. The van der Waals surface area contributed by atoms with Crippen LogP contribution in [0.4, 0.5) is 0 Å². The largest absolute Gasteiger partial charge is 0.464 e. The fraction of sp³-hybridized carbons (Fsp3) is 0.300. The first-order valence-electron chi connectivity index (χ1n) is 4.47. The average Bonchev–Trinajstić information content (AvgIpc) is 2.67. The molecule has 0 aromatic carbocycles. The maximum atomic E-state index is 5.49. The highest BCUT2D eigenvalue weighted by Gasteiger charge is 2.03. The molecule has 0 fully saturated rings. The van der Waals surface area contributed by atoms with E-state index in [1.165, 1.54) is 0 Å². The average molecular weight is 208 g/mol. The van der Waals surface area contributed by atoms with E-state index in [1.54, 1.807) is 0 Å². The van der Waals surface area contributed by atoms with Gasteiger partial charge in [-0.1, -0.05) is 0 Å². The minimum Gasteiger partial charge on any atom is -0.464 e. The van der Waals surface area contributed by atoms with E-state index >= 15 is 0 Å². The van der Waals surface area contributed by atoms with Crippen LogP contribution in [-0.4, -0.2) is 9.55 Å². The second-order valence-electron chi connectivity index (χ2n) is 3.33. The number of nitrogens with one attached hydrogen (secondary N) is 1. The molecular formula is C10H12N2OS. The van der Waals surface area contributed by atoms with Gasteiger partial charge in [0, 0.05) is 11.9 Å². The number of hydrogen-bond acceptors (Lipinski definition) is 2. The van der Waals surface area contributed by atoms with Gasteiger partial charge in [0.2, 0.25) is 0 Å². The highest BCUT2D eigenvalue weighted by molar-refractivity contribution is 7.71. The number of H-pyrrole nitrogens is 1. The van der Waals surface area contributed by atoms with Crippen molar-refractivity contribution in [1.82, 2.24) is 9.55 Å². The van der Waals surface area contributed by atoms with E-state index in [0.29, 0.717) is 6.54 Å². The second-order valence-corrected chi connectivity index (χ2v) is 3.72. The summed E-state index contributed by atoms with van der Waals surface area (Å²) in [4.78, 5) is 3.00. The molecule has 2 aromatic heterocycles. The van der Waals surface area contributed by atoms with E-state index in [0.717, 1.165) is 22.0 Å². The summed E-state index contributed by atoms with van der Waals surface area (Å²) in [7, 11) is 0. The molecule has 0 radical (unpaired) electrons. The van der Waals surface area contributed by atoms with Gasteiger partial charge in [-0.05, 0) is 38.2 Å². The van der Waals surface area contributed by atoms with Gasteiger partial charge in [0.15, 0.2) is 4.77 Å². The Morgan fingerprint density at radius 1 is 1.43 bits per heavy atom. The van der Waals surface area contributed by atoms with Gasteiger partial charge in [0.25, 0.3) is 0 Å². The van der Waals surface area contributed by atoms with E-state index in [2.05, 4.69) is 4.98 Å². The third kappa shape index (κ3) is 1.65. The molecule has 0 amide bonds. The van der Waals surface area contributed by atoms with Gasteiger partial charge in [-0.3, -0.25) is 0 Å². The molecule has 4 heteroatoms. The Kier molecular flexibility index (Phi) is 2.29. The van der Waals surface area contributed by atoms with Crippen molar-refractivity contribution < 1.29 is 4.42 Å². The predicted molar refractivity (Wildman–Crippen MR) is 56.9 cm³/mol. The van der Waals surface area contributed by atoms with Crippen LogP contribution < -0.4 is 0 Å². The molecule has 0 aliphatic heterocycles. The van der Waals surface area contributed by atoms with Crippen molar-refractivity contribution in [2.75, 3.05) is 0 Å². The Morgan fingerprint density at radius 2 is 2.21 bits per heavy atom. The Bertz CT molecular complexity index is 492. The van der Waals surface area contributed by atoms with Crippen molar-refractivity contribution in [1.29, 1.82) is 0 Å². The molecule has 0 saturated carbocycles. The van der Waals surface area contributed by atoms with E-state index in [9.17, 15) is 0 Å². The van der Waals surface area contributed by atoms with E-state index < -0.39 is 0 Å². The molecular weight excluding hydrogens is 196 g/mol. The number of furan rings is 1. The van der Waals surface area contributed by atoms with Gasteiger partial charge in [-0.2, -0.15) is 0 Å². The first-order chi connectivity index (χ1) is 6.66. The second kappa shape index (κ2) is 3.46. The van der Waals surface area contributed by atoms with Gasteiger partial charge >= 0.3 is 0 Å². The van der Waals surface area contributed by atoms with Crippen LogP contribution in [0.3, 0.4) is 0 Å². The summed E-state index contributed by atoms with van der Waals surface area (Å²) >= 11 is 5.14. The molecule has 14 heavy (non-hydrogen) atoms. The summed E-state index contributed by atoms with van der Waals surface area (Å²) in [5.74, 6) is 1.86. The monoisotopic (exact) mass is 208 g/mol. The van der Waals surface area contributed by atoms with Crippen LogP contribution in [0, 0.1) is 18.6 Å². The van der Waals surface area contributed by atoms with Crippen molar-refractivity contribution in [3.8, 4) is 0 Å². The Morgan fingerprint density at radius 3 is 2.71 bits per heavy atom. The van der Waals surface area contributed by atoms with Crippen molar-refractivity contribution in [3.05, 3.63) is 40.3 Å². The highest BCUT2D eigenvalue weighted by Crippen LogP contribution is 2.10. The van der Waals surface area contributed by atoms with Crippen LogP contribution >= 0.6 is 12.2 Å². The molecule has 2 heterocycles. The molecule has 0 bridgehead atoms. The molecule has 3 nitrogen and oxygen atoms in total. The summed E-state index contributed by atoms with van der Waals surface area (Å²) in [6.45, 7) is 4.65. The number of rotatable bonds is 2. The summed E-state index contributed by atoms with van der Waals surface area (Å²) < 4.78 is 8.23. The molecule has 1 N–H and O–H groups in total. The molecule has 2 aromatic rings. The molecule has 0 aliphatic rings. The molecule has 0 spiro atoms. The molecule has 74 valence electrons. The summed E-state index contributed by atoms with van der Waals surface area (Å²) in [6.07, 6.45) is 1.90. The van der Waals surface area contributed by atoms with E-state index in [4.69, 9.17) is 16.6 Å². The smallest absolute Gasteiger partial charge is 0.177 e. The SMILES string of the molecule is Cc1ccc(Cn2c(C)c[nH]c2=S)o1. The highest BCUT2D eigenvalue weighted by atomic mass is 32.1. The minimum absolute atomic E-state index is 0.696. The first-order valence-corrected chi connectivity index (χ1v) is 4.88. The number of aromatic amines is 1. The van der Waals surface area contributed by atoms with Crippen LogP contribution in [0.1, 0.15) is 17.2 Å². The number of nitrogens with zero attached hydrogens (tertiary/aromatic N) is 1. The van der Waals surface area contributed by atoms with Crippen molar-refractivity contribution in [2.24, 2.45) is 0 Å². The van der Waals surface area contributed by atoms with E-state index in [1.807, 2.05) is 36.7 Å². The van der Waals surface area contributed by atoms with E-state index in [-0.39, 0.29) is 0 Å². The van der Waals surface area contributed by atoms with Crippen LogP contribution in [-0.2, 0) is 6.54 Å². The maximum absolute atomic E-state index is 5.49. The fourth-order valence-electron chi connectivity index (χ4n) is 1.40. The predicted octanol–water partition coefficient (Wildman–Crippen LogP) is 2.80. The lowest BCUT2D eigenvalue weighted by Gasteiger charge is -2.01. The lowest BCUT2D eigenvalue weighted by molar-refractivity contribution is 0.467. The third-order valence-corrected chi connectivity index (χ3v) is 2.52. The Hall–Kier alpha value is -1.29.